The van der Waals surface area contributed by atoms with E-state index in [1.54, 1.807) is 0 Å². The van der Waals surface area contributed by atoms with Crippen LogP contribution >= 0.6 is 0 Å². The van der Waals surface area contributed by atoms with Gasteiger partial charge in [0.25, 0.3) is 0 Å². The van der Waals surface area contributed by atoms with E-state index in [1.807, 2.05) is 0 Å². The fourth-order valence-corrected chi connectivity index (χ4v) is 1.44. The summed E-state index contributed by atoms with van der Waals surface area (Å²) in [6, 6.07) is 0.759. The summed E-state index contributed by atoms with van der Waals surface area (Å²) in [7, 11) is 0. The van der Waals surface area contributed by atoms with Gasteiger partial charge in [-0.2, -0.15) is 0 Å². The van der Waals surface area contributed by atoms with Gasteiger partial charge < -0.3 is 4.90 Å². The van der Waals surface area contributed by atoms with Gasteiger partial charge in [0.1, 0.15) is 0 Å². The van der Waals surface area contributed by atoms with Crippen LogP contribution in [0.2, 0.25) is 0 Å². The van der Waals surface area contributed by atoms with E-state index >= 15 is 0 Å². The van der Waals surface area contributed by atoms with Crippen LogP contribution in [-0.2, 0) is 0 Å². The van der Waals surface area contributed by atoms with Gasteiger partial charge in [0.05, 0.1) is 0 Å². The second-order valence-electron chi connectivity index (χ2n) is 3.48. The van der Waals surface area contributed by atoms with Crippen LogP contribution in [-0.4, -0.2) is 24.0 Å². The Morgan fingerprint density at radius 2 is 2.00 bits per heavy atom. The average molecular weight is 143 g/mol. The summed E-state index contributed by atoms with van der Waals surface area (Å²) in [6.07, 6.45) is 1.40. The minimum Gasteiger partial charge on any atom is -0.301 e. The molecule has 0 saturated carbocycles. The molecular formula is C9H21N. The Kier molecular flexibility index (Phi) is 3.95. The van der Waals surface area contributed by atoms with Gasteiger partial charge in [0.2, 0.25) is 0 Å². The summed E-state index contributed by atoms with van der Waals surface area (Å²) >= 11 is 0. The zero-order chi connectivity index (χ0) is 6.85. The fourth-order valence-electron chi connectivity index (χ4n) is 1.44. The largest absolute Gasteiger partial charge is 0.301 e. The van der Waals surface area contributed by atoms with Crippen LogP contribution in [0.25, 0.3) is 0 Å². The molecule has 62 valence electrons. The highest BCUT2D eigenvalue weighted by molar-refractivity contribution is 4.74. The van der Waals surface area contributed by atoms with Crippen molar-refractivity contribution in [2.45, 2.75) is 40.7 Å². The Bertz CT molecular complexity index is 88.7. The molecule has 1 saturated heterocycles. The van der Waals surface area contributed by atoms with Crippen molar-refractivity contribution in [2.24, 2.45) is 5.92 Å². The number of nitrogens with zero attached hydrogens (tertiary/aromatic N) is 1. The molecule has 1 aliphatic rings. The highest BCUT2D eigenvalue weighted by Crippen LogP contribution is 2.16. The van der Waals surface area contributed by atoms with Crippen LogP contribution in [0, 0.1) is 5.92 Å². The van der Waals surface area contributed by atoms with E-state index in [0.717, 1.165) is 12.0 Å². The molecule has 0 spiro atoms. The minimum atomic E-state index is 0. The number of hydrogen-bond acceptors (Lipinski definition) is 1. The summed E-state index contributed by atoms with van der Waals surface area (Å²) in [5, 5.41) is 0. The van der Waals surface area contributed by atoms with Crippen molar-refractivity contribution in [1.29, 1.82) is 0 Å². The monoisotopic (exact) mass is 143 g/mol. The number of hydrogen-bond donors (Lipinski definition) is 0. The molecule has 0 radical (unpaired) electrons. The molecule has 0 aromatic rings. The van der Waals surface area contributed by atoms with Crippen molar-refractivity contribution < 1.29 is 0 Å². The van der Waals surface area contributed by atoms with Crippen LogP contribution in [0.1, 0.15) is 34.6 Å². The first kappa shape index (κ1) is 9.96. The van der Waals surface area contributed by atoms with Crippen molar-refractivity contribution in [1.82, 2.24) is 4.90 Å². The predicted molar refractivity (Wildman–Crippen MR) is 47.2 cm³/mol. The van der Waals surface area contributed by atoms with E-state index in [-0.39, 0.29) is 7.43 Å². The highest BCUT2D eigenvalue weighted by Gasteiger charge is 2.19. The van der Waals surface area contributed by atoms with Gasteiger partial charge in [0, 0.05) is 12.6 Å². The average Bonchev–Trinajstić information content (AvgIpc) is 2.14. The zero-order valence-electron chi connectivity index (χ0n) is 6.72. The van der Waals surface area contributed by atoms with Crippen LogP contribution in [0.3, 0.4) is 0 Å². The lowest BCUT2D eigenvalue weighted by Gasteiger charge is -2.19. The second kappa shape index (κ2) is 3.97. The molecule has 1 fully saturated rings. The molecule has 10 heavy (non-hydrogen) atoms. The van der Waals surface area contributed by atoms with Gasteiger partial charge in [-0.05, 0) is 32.7 Å². The maximum Gasteiger partial charge on any atom is 0.00387 e. The van der Waals surface area contributed by atoms with E-state index in [2.05, 4.69) is 25.7 Å². The minimum absolute atomic E-state index is 0. The van der Waals surface area contributed by atoms with Crippen molar-refractivity contribution in [3.8, 4) is 0 Å². The van der Waals surface area contributed by atoms with Gasteiger partial charge in [-0.3, -0.25) is 0 Å². The molecule has 0 aromatic heterocycles. The second-order valence-corrected chi connectivity index (χ2v) is 3.48. The van der Waals surface area contributed by atoms with Crippen LogP contribution in [0.4, 0.5) is 0 Å². The Morgan fingerprint density at radius 3 is 2.20 bits per heavy atom. The van der Waals surface area contributed by atoms with E-state index in [4.69, 9.17) is 0 Å². The van der Waals surface area contributed by atoms with Gasteiger partial charge >= 0.3 is 0 Å². The lowest BCUT2D eigenvalue weighted by Crippen LogP contribution is -2.27. The van der Waals surface area contributed by atoms with Crippen molar-refractivity contribution in [3.05, 3.63) is 0 Å². The molecule has 0 aromatic carbocycles. The SMILES string of the molecule is C.CC(C)N1CC[C@@H](C)C1. The molecule has 1 rings (SSSR count). The van der Waals surface area contributed by atoms with Crippen LogP contribution in [0.15, 0.2) is 0 Å². The molecule has 0 N–H and O–H groups in total. The first-order valence-corrected chi connectivity index (χ1v) is 3.94. The third kappa shape index (κ3) is 2.30. The third-order valence-corrected chi connectivity index (χ3v) is 2.19. The molecule has 0 bridgehead atoms. The number of rotatable bonds is 1. The van der Waals surface area contributed by atoms with E-state index in [0.29, 0.717) is 0 Å². The Balaban J connectivity index is 0.000000810. The Labute approximate surface area is 65.4 Å². The van der Waals surface area contributed by atoms with Crippen LogP contribution < -0.4 is 0 Å². The maximum absolute atomic E-state index is 2.55. The van der Waals surface area contributed by atoms with Gasteiger partial charge in [-0.15, -0.1) is 0 Å². The lowest BCUT2D eigenvalue weighted by atomic mass is 10.2. The fraction of sp³-hybridized carbons (Fsp3) is 1.00. The van der Waals surface area contributed by atoms with Crippen LogP contribution in [0.5, 0.6) is 0 Å². The number of likely N-dealkylation sites (tertiary alicyclic amines) is 1. The molecule has 1 nitrogen and oxygen atoms in total. The molecule has 1 heterocycles. The summed E-state index contributed by atoms with van der Waals surface area (Å²) in [4.78, 5) is 2.55. The highest BCUT2D eigenvalue weighted by atomic mass is 15.2. The Morgan fingerprint density at radius 1 is 1.40 bits per heavy atom. The van der Waals surface area contributed by atoms with Gasteiger partial charge in [-0.25, -0.2) is 0 Å². The smallest absolute Gasteiger partial charge is 0.00387 e. The molecule has 0 amide bonds. The Hall–Kier alpha value is -0.0400. The topological polar surface area (TPSA) is 3.24 Å². The molecule has 1 heteroatoms. The molecule has 0 aliphatic carbocycles. The molecule has 1 atom stereocenters. The zero-order valence-corrected chi connectivity index (χ0v) is 6.72. The summed E-state index contributed by atoms with van der Waals surface area (Å²) in [5.74, 6) is 0.937. The first-order chi connectivity index (χ1) is 4.20. The lowest BCUT2D eigenvalue weighted by molar-refractivity contribution is 0.267. The van der Waals surface area contributed by atoms with Crippen molar-refractivity contribution >= 4 is 0 Å². The first-order valence-electron chi connectivity index (χ1n) is 3.94. The predicted octanol–water partition coefficient (Wildman–Crippen LogP) is 2.37. The van der Waals surface area contributed by atoms with E-state index < -0.39 is 0 Å². The summed E-state index contributed by atoms with van der Waals surface area (Å²) in [5.41, 5.74) is 0. The van der Waals surface area contributed by atoms with E-state index in [1.165, 1.54) is 19.5 Å². The molecule has 0 unspecified atom stereocenters. The third-order valence-electron chi connectivity index (χ3n) is 2.19. The van der Waals surface area contributed by atoms with E-state index in [9.17, 15) is 0 Å². The van der Waals surface area contributed by atoms with Crippen molar-refractivity contribution in [3.63, 3.8) is 0 Å². The summed E-state index contributed by atoms with van der Waals surface area (Å²) < 4.78 is 0. The van der Waals surface area contributed by atoms with Gasteiger partial charge in [-0.1, -0.05) is 14.4 Å². The van der Waals surface area contributed by atoms with Crippen molar-refractivity contribution in [2.75, 3.05) is 13.1 Å². The van der Waals surface area contributed by atoms with Gasteiger partial charge in [0.15, 0.2) is 0 Å². The quantitative estimate of drug-likeness (QED) is 0.544. The standard InChI is InChI=1S/C8H17N.CH4/c1-7(2)9-5-4-8(3)6-9;/h7-8H,4-6H2,1-3H3;1H4/t8-;/m1./s1. The summed E-state index contributed by atoms with van der Waals surface area (Å²) in [6.45, 7) is 9.52. The molecule has 1 aliphatic heterocycles. The molecular weight excluding hydrogens is 122 g/mol. The normalized spacial score (nSPS) is 27.0. The maximum atomic E-state index is 2.55.